The van der Waals surface area contributed by atoms with Gasteiger partial charge in [0.1, 0.15) is 12.4 Å². The van der Waals surface area contributed by atoms with Crippen molar-refractivity contribution in [2.24, 2.45) is 0 Å². The molecule has 0 fully saturated rings. The van der Waals surface area contributed by atoms with Crippen molar-refractivity contribution in [1.82, 2.24) is 4.98 Å². The zero-order valence-electron chi connectivity index (χ0n) is 17.3. The Kier molecular flexibility index (Phi) is 7.94. The van der Waals surface area contributed by atoms with E-state index < -0.39 is 0 Å². The summed E-state index contributed by atoms with van der Waals surface area (Å²) < 4.78 is 10.5. The summed E-state index contributed by atoms with van der Waals surface area (Å²) in [4.78, 5) is 28.2. The molecule has 31 heavy (non-hydrogen) atoms. The van der Waals surface area contributed by atoms with Crippen molar-refractivity contribution in [2.45, 2.75) is 19.4 Å². The SMILES string of the molecule is COc1cccc(/C=C/C(=O)Nc2cccc(COC(=O)CCc3cccnc3)c2)c1. The van der Waals surface area contributed by atoms with Gasteiger partial charge in [-0.15, -0.1) is 0 Å². The third-order valence-corrected chi connectivity index (χ3v) is 4.46. The Bertz CT molecular complexity index is 1050. The molecular weight excluding hydrogens is 392 g/mol. The molecule has 1 amide bonds. The molecule has 2 aromatic carbocycles. The summed E-state index contributed by atoms with van der Waals surface area (Å²) in [5.41, 5.74) is 3.28. The molecule has 1 N–H and O–H groups in total. The molecule has 6 nitrogen and oxygen atoms in total. The number of pyridine rings is 1. The molecule has 0 saturated heterocycles. The van der Waals surface area contributed by atoms with Gasteiger partial charge < -0.3 is 14.8 Å². The van der Waals surface area contributed by atoms with Crippen molar-refractivity contribution < 1.29 is 19.1 Å². The van der Waals surface area contributed by atoms with Crippen LogP contribution in [0, 0.1) is 0 Å². The van der Waals surface area contributed by atoms with Gasteiger partial charge in [-0.1, -0.05) is 30.3 Å². The predicted octanol–water partition coefficient (Wildman–Crippen LogP) is 4.42. The van der Waals surface area contributed by atoms with E-state index in [4.69, 9.17) is 9.47 Å². The van der Waals surface area contributed by atoms with Gasteiger partial charge in [-0.2, -0.15) is 0 Å². The molecular formula is C25H24N2O4. The third kappa shape index (κ3) is 7.44. The fraction of sp³-hybridized carbons (Fsp3) is 0.160. The fourth-order valence-corrected chi connectivity index (χ4v) is 2.87. The quantitative estimate of drug-likeness (QED) is 0.413. The van der Waals surface area contributed by atoms with Crippen LogP contribution in [0.1, 0.15) is 23.1 Å². The molecule has 0 saturated carbocycles. The highest BCUT2D eigenvalue weighted by molar-refractivity contribution is 6.02. The number of aryl methyl sites for hydroxylation is 1. The lowest BCUT2D eigenvalue weighted by Crippen LogP contribution is -2.09. The number of hydrogen-bond donors (Lipinski definition) is 1. The molecule has 0 atom stereocenters. The number of carbonyl (C=O) groups excluding carboxylic acids is 2. The van der Waals surface area contributed by atoms with Crippen LogP contribution in [0.2, 0.25) is 0 Å². The number of carbonyl (C=O) groups is 2. The first-order chi connectivity index (χ1) is 15.1. The molecule has 0 spiro atoms. The predicted molar refractivity (Wildman–Crippen MR) is 119 cm³/mol. The van der Waals surface area contributed by atoms with Gasteiger partial charge >= 0.3 is 5.97 Å². The van der Waals surface area contributed by atoms with Crippen molar-refractivity contribution in [3.8, 4) is 5.75 Å². The molecule has 6 heteroatoms. The highest BCUT2D eigenvalue weighted by Gasteiger charge is 2.06. The van der Waals surface area contributed by atoms with E-state index in [0.29, 0.717) is 12.1 Å². The summed E-state index contributed by atoms with van der Waals surface area (Å²) in [6, 6.07) is 18.4. The van der Waals surface area contributed by atoms with E-state index in [1.165, 1.54) is 6.08 Å². The first kappa shape index (κ1) is 21.8. The van der Waals surface area contributed by atoms with Gasteiger partial charge in [-0.3, -0.25) is 14.6 Å². The molecule has 1 aromatic heterocycles. The summed E-state index contributed by atoms with van der Waals surface area (Å²) >= 11 is 0. The zero-order valence-corrected chi connectivity index (χ0v) is 17.3. The van der Waals surface area contributed by atoms with Gasteiger partial charge in [0, 0.05) is 30.6 Å². The van der Waals surface area contributed by atoms with E-state index in [1.807, 2.05) is 42.5 Å². The number of methoxy groups -OCH3 is 1. The molecule has 0 unspecified atom stereocenters. The largest absolute Gasteiger partial charge is 0.497 e. The lowest BCUT2D eigenvalue weighted by Gasteiger charge is -2.08. The number of hydrogen-bond acceptors (Lipinski definition) is 5. The maximum atomic E-state index is 12.2. The van der Waals surface area contributed by atoms with Crippen LogP contribution in [0.5, 0.6) is 5.75 Å². The number of nitrogens with zero attached hydrogens (tertiary/aromatic N) is 1. The van der Waals surface area contributed by atoms with Crippen molar-refractivity contribution in [2.75, 3.05) is 12.4 Å². The molecule has 0 aliphatic heterocycles. The standard InChI is InChI=1S/C25H24N2O4/c1-30-23-9-3-5-19(16-23)10-12-24(28)27-22-8-2-6-21(15-22)18-31-25(29)13-11-20-7-4-14-26-17-20/h2-10,12,14-17H,11,13,18H2,1H3,(H,27,28)/b12-10+. The molecule has 0 bridgehead atoms. The third-order valence-electron chi connectivity index (χ3n) is 4.46. The Morgan fingerprint density at radius 3 is 2.68 bits per heavy atom. The monoisotopic (exact) mass is 416 g/mol. The lowest BCUT2D eigenvalue weighted by atomic mass is 10.1. The van der Waals surface area contributed by atoms with Crippen LogP contribution < -0.4 is 10.1 Å². The maximum Gasteiger partial charge on any atom is 0.306 e. The molecule has 3 rings (SSSR count). The Morgan fingerprint density at radius 1 is 1.03 bits per heavy atom. The second-order valence-corrected chi connectivity index (χ2v) is 6.82. The maximum absolute atomic E-state index is 12.2. The van der Waals surface area contributed by atoms with E-state index in [1.54, 1.807) is 43.8 Å². The van der Waals surface area contributed by atoms with Crippen LogP contribution in [0.15, 0.2) is 79.1 Å². The summed E-state index contributed by atoms with van der Waals surface area (Å²) in [6.45, 7) is 0.148. The second-order valence-electron chi connectivity index (χ2n) is 6.82. The van der Waals surface area contributed by atoms with E-state index in [-0.39, 0.29) is 24.9 Å². The molecule has 0 aliphatic rings. The van der Waals surface area contributed by atoms with E-state index in [2.05, 4.69) is 10.3 Å². The van der Waals surface area contributed by atoms with Crippen molar-refractivity contribution >= 4 is 23.6 Å². The summed E-state index contributed by atoms with van der Waals surface area (Å²) in [7, 11) is 1.60. The number of ether oxygens (including phenoxy) is 2. The van der Waals surface area contributed by atoms with Crippen molar-refractivity contribution in [3.05, 3.63) is 95.8 Å². The van der Waals surface area contributed by atoms with Crippen molar-refractivity contribution in [3.63, 3.8) is 0 Å². The van der Waals surface area contributed by atoms with Crippen LogP contribution in [-0.2, 0) is 27.4 Å². The van der Waals surface area contributed by atoms with Crippen LogP contribution in [0.4, 0.5) is 5.69 Å². The average Bonchev–Trinajstić information content (AvgIpc) is 2.81. The molecule has 0 aliphatic carbocycles. The van der Waals surface area contributed by atoms with Crippen LogP contribution >= 0.6 is 0 Å². The van der Waals surface area contributed by atoms with E-state index in [0.717, 1.165) is 22.4 Å². The minimum absolute atomic E-state index is 0.148. The van der Waals surface area contributed by atoms with E-state index >= 15 is 0 Å². The Morgan fingerprint density at radius 2 is 1.87 bits per heavy atom. The number of benzene rings is 2. The number of rotatable bonds is 9. The number of nitrogens with one attached hydrogen (secondary N) is 1. The van der Waals surface area contributed by atoms with Gasteiger partial charge in [0.25, 0.3) is 0 Å². The minimum Gasteiger partial charge on any atom is -0.497 e. The highest BCUT2D eigenvalue weighted by Crippen LogP contribution is 2.15. The fourth-order valence-electron chi connectivity index (χ4n) is 2.87. The molecule has 0 radical (unpaired) electrons. The number of aromatic nitrogens is 1. The minimum atomic E-state index is -0.278. The number of esters is 1. The van der Waals surface area contributed by atoms with Crippen molar-refractivity contribution in [1.29, 1.82) is 0 Å². The summed E-state index contributed by atoms with van der Waals surface area (Å²) in [5, 5.41) is 2.81. The Hall–Kier alpha value is -3.93. The van der Waals surface area contributed by atoms with Gasteiger partial charge in [0.05, 0.1) is 7.11 Å². The summed E-state index contributed by atoms with van der Waals surface area (Å²) in [6.07, 6.45) is 7.48. The van der Waals surface area contributed by atoms with Gasteiger partial charge in [-0.25, -0.2) is 0 Å². The van der Waals surface area contributed by atoms with Gasteiger partial charge in [-0.05, 0) is 59.5 Å². The summed E-state index contributed by atoms with van der Waals surface area (Å²) in [5.74, 6) is 0.193. The number of amides is 1. The Labute approximate surface area is 181 Å². The molecule has 158 valence electrons. The number of anilines is 1. The van der Waals surface area contributed by atoms with Crippen LogP contribution in [-0.4, -0.2) is 24.0 Å². The molecule has 1 heterocycles. The second kappa shape index (κ2) is 11.3. The highest BCUT2D eigenvalue weighted by atomic mass is 16.5. The van der Waals surface area contributed by atoms with Crippen LogP contribution in [0.25, 0.3) is 6.08 Å². The zero-order chi connectivity index (χ0) is 21.9. The topological polar surface area (TPSA) is 77.5 Å². The molecule has 3 aromatic rings. The Balaban J connectivity index is 1.48. The first-order valence-electron chi connectivity index (χ1n) is 9.89. The average molecular weight is 416 g/mol. The van der Waals surface area contributed by atoms with Gasteiger partial charge in [0.15, 0.2) is 0 Å². The first-order valence-corrected chi connectivity index (χ1v) is 9.89. The van der Waals surface area contributed by atoms with E-state index in [9.17, 15) is 9.59 Å². The smallest absolute Gasteiger partial charge is 0.306 e. The lowest BCUT2D eigenvalue weighted by molar-refractivity contribution is -0.144. The normalized spacial score (nSPS) is 10.6. The van der Waals surface area contributed by atoms with Gasteiger partial charge in [0.2, 0.25) is 5.91 Å². The van der Waals surface area contributed by atoms with Crippen LogP contribution in [0.3, 0.4) is 0 Å².